The van der Waals surface area contributed by atoms with Crippen molar-refractivity contribution < 1.29 is 19.1 Å². The van der Waals surface area contributed by atoms with Crippen molar-refractivity contribution in [2.75, 3.05) is 6.61 Å². The zero-order chi connectivity index (χ0) is 22.2. The number of nitrogens with zero attached hydrogens (tertiary/aromatic N) is 2. The zero-order valence-corrected chi connectivity index (χ0v) is 17.9. The first-order chi connectivity index (χ1) is 15.0. The lowest BCUT2D eigenvalue weighted by Crippen LogP contribution is -2.17. The lowest BCUT2D eigenvalue weighted by Gasteiger charge is -2.12. The summed E-state index contributed by atoms with van der Waals surface area (Å²) in [7, 11) is 0. The molecule has 0 radical (unpaired) electrons. The van der Waals surface area contributed by atoms with E-state index in [1.54, 1.807) is 43.3 Å². The highest BCUT2D eigenvalue weighted by atomic mass is 35.5. The van der Waals surface area contributed by atoms with E-state index in [0.29, 0.717) is 28.5 Å². The third-order valence-electron chi connectivity index (χ3n) is 3.94. The van der Waals surface area contributed by atoms with Crippen molar-refractivity contribution in [2.45, 2.75) is 6.92 Å². The van der Waals surface area contributed by atoms with E-state index in [1.807, 2.05) is 0 Å². The van der Waals surface area contributed by atoms with Gasteiger partial charge in [-0.1, -0.05) is 23.2 Å². The van der Waals surface area contributed by atoms with Crippen LogP contribution in [-0.2, 0) is 0 Å². The summed E-state index contributed by atoms with van der Waals surface area (Å²) >= 11 is 11.9. The van der Waals surface area contributed by atoms with Gasteiger partial charge in [0.15, 0.2) is 11.5 Å². The van der Waals surface area contributed by atoms with Gasteiger partial charge in [-0.05, 0) is 61.0 Å². The molecule has 0 aliphatic carbocycles. The summed E-state index contributed by atoms with van der Waals surface area (Å²) in [6.07, 6.45) is 4.48. The summed E-state index contributed by atoms with van der Waals surface area (Å²) in [6, 6.07) is 12.5. The molecule has 0 aliphatic heterocycles. The summed E-state index contributed by atoms with van der Waals surface area (Å²) in [5, 5.41) is 4.54. The maximum Gasteiger partial charge on any atom is 0.345 e. The van der Waals surface area contributed by atoms with E-state index in [1.165, 1.54) is 30.7 Å². The van der Waals surface area contributed by atoms with Gasteiger partial charge in [0.2, 0.25) is 0 Å². The second-order valence-electron chi connectivity index (χ2n) is 6.09. The van der Waals surface area contributed by atoms with E-state index in [2.05, 4.69) is 15.5 Å². The van der Waals surface area contributed by atoms with Gasteiger partial charge in [0.25, 0.3) is 5.91 Å². The molecule has 0 aliphatic rings. The molecule has 0 unspecified atom stereocenters. The first-order valence-corrected chi connectivity index (χ1v) is 9.91. The van der Waals surface area contributed by atoms with Crippen molar-refractivity contribution in [3.63, 3.8) is 0 Å². The second kappa shape index (κ2) is 10.6. The number of hydrogen-bond acceptors (Lipinski definition) is 6. The highest BCUT2D eigenvalue weighted by Gasteiger charge is 2.16. The minimum atomic E-state index is -0.645. The van der Waals surface area contributed by atoms with E-state index in [0.717, 1.165) is 0 Å². The summed E-state index contributed by atoms with van der Waals surface area (Å²) < 4.78 is 11.0. The van der Waals surface area contributed by atoms with Gasteiger partial charge in [0.05, 0.1) is 23.4 Å². The van der Waals surface area contributed by atoms with Crippen molar-refractivity contribution in [3.8, 4) is 11.5 Å². The van der Waals surface area contributed by atoms with E-state index < -0.39 is 5.97 Å². The fourth-order valence-electron chi connectivity index (χ4n) is 2.50. The molecule has 31 heavy (non-hydrogen) atoms. The number of carbonyl (C=O) groups excluding carboxylic acids is 2. The average molecular weight is 458 g/mol. The number of ether oxygens (including phenoxy) is 2. The Morgan fingerprint density at radius 3 is 2.55 bits per heavy atom. The minimum Gasteiger partial charge on any atom is -0.490 e. The van der Waals surface area contributed by atoms with Crippen molar-refractivity contribution >= 4 is 41.3 Å². The number of amides is 1. The number of carbonyl (C=O) groups is 2. The molecular weight excluding hydrogens is 441 g/mol. The number of rotatable bonds is 7. The Morgan fingerprint density at radius 2 is 1.84 bits per heavy atom. The fraction of sp³-hybridized carbons (Fsp3) is 0.0909. The summed E-state index contributed by atoms with van der Waals surface area (Å²) in [4.78, 5) is 28.4. The van der Waals surface area contributed by atoms with Crippen LogP contribution in [0.1, 0.15) is 33.2 Å². The van der Waals surface area contributed by atoms with Crippen LogP contribution >= 0.6 is 23.2 Å². The van der Waals surface area contributed by atoms with Crippen LogP contribution in [0, 0.1) is 0 Å². The number of benzene rings is 2. The standard InChI is InChI=1S/C22H17Cl2N3O4/c1-2-30-20-11-14(13-26-27-21(28)15-7-9-25-10-8-15)3-6-19(20)31-22(29)17-5-4-16(23)12-18(17)24/h3-13H,2H2,1H3,(H,27,28)/b26-13+. The molecule has 1 aromatic heterocycles. The van der Waals surface area contributed by atoms with Gasteiger partial charge < -0.3 is 9.47 Å². The topological polar surface area (TPSA) is 89.9 Å². The summed E-state index contributed by atoms with van der Waals surface area (Å²) in [5.41, 5.74) is 3.67. The lowest BCUT2D eigenvalue weighted by atomic mass is 10.2. The molecule has 3 rings (SSSR count). The number of pyridine rings is 1. The summed E-state index contributed by atoms with van der Waals surface area (Å²) in [6.45, 7) is 2.16. The monoisotopic (exact) mass is 457 g/mol. The minimum absolute atomic E-state index is 0.179. The van der Waals surface area contributed by atoms with E-state index in [9.17, 15) is 9.59 Å². The van der Waals surface area contributed by atoms with Gasteiger partial charge >= 0.3 is 5.97 Å². The van der Waals surface area contributed by atoms with Gasteiger partial charge in [-0.3, -0.25) is 9.78 Å². The molecule has 0 saturated heterocycles. The van der Waals surface area contributed by atoms with Crippen LogP contribution in [0.3, 0.4) is 0 Å². The summed E-state index contributed by atoms with van der Waals surface area (Å²) in [5.74, 6) is -0.455. The zero-order valence-electron chi connectivity index (χ0n) is 16.3. The van der Waals surface area contributed by atoms with Gasteiger partial charge in [-0.25, -0.2) is 10.2 Å². The van der Waals surface area contributed by atoms with Crippen LogP contribution in [-0.4, -0.2) is 29.7 Å². The number of halogens is 2. The second-order valence-corrected chi connectivity index (χ2v) is 6.93. The predicted octanol–water partition coefficient (Wildman–Crippen LogP) is 4.77. The van der Waals surface area contributed by atoms with Crippen LogP contribution in [0.5, 0.6) is 11.5 Å². The first kappa shape index (κ1) is 22.3. The van der Waals surface area contributed by atoms with Crippen LogP contribution in [0.15, 0.2) is 66.0 Å². The Bertz CT molecular complexity index is 1120. The van der Waals surface area contributed by atoms with Crippen LogP contribution in [0.2, 0.25) is 10.0 Å². The van der Waals surface area contributed by atoms with Crippen molar-refractivity contribution in [1.29, 1.82) is 0 Å². The molecule has 1 N–H and O–H groups in total. The smallest absolute Gasteiger partial charge is 0.345 e. The average Bonchev–Trinajstić information content (AvgIpc) is 2.76. The number of esters is 1. The Balaban J connectivity index is 1.73. The Hall–Kier alpha value is -3.42. The molecule has 3 aromatic rings. The molecule has 0 bridgehead atoms. The van der Waals surface area contributed by atoms with Crippen molar-refractivity contribution in [3.05, 3.63) is 87.7 Å². The van der Waals surface area contributed by atoms with Gasteiger partial charge in [0, 0.05) is 23.0 Å². The molecule has 0 spiro atoms. The molecule has 9 heteroatoms. The van der Waals surface area contributed by atoms with Crippen molar-refractivity contribution in [2.24, 2.45) is 5.10 Å². The molecule has 158 valence electrons. The maximum absolute atomic E-state index is 12.5. The predicted molar refractivity (Wildman–Crippen MR) is 118 cm³/mol. The number of hydrogen-bond donors (Lipinski definition) is 1. The highest BCUT2D eigenvalue weighted by molar-refractivity contribution is 6.36. The Kier molecular flexibility index (Phi) is 7.59. The Morgan fingerprint density at radius 1 is 1.06 bits per heavy atom. The van der Waals surface area contributed by atoms with Gasteiger partial charge in [-0.2, -0.15) is 5.10 Å². The maximum atomic E-state index is 12.5. The fourth-order valence-corrected chi connectivity index (χ4v) is 2.99. The third-order valence-corrected chi connectivity index (χ3v) is 4.49. The number of hydrazone groups is 1. The Labute approximate surface area is 188 Å². The van der Waals surface area contributed by atoms with Crippen molar-refractivity contribution in [1.82, 2.24) is 10.4 Å². The van der Waals surface area contributed by atoms with Gasteiger partial charge in [-0.15, -0.1) is 0 Å². The number of nitrogens with one attached hydrogen (secondary N) is 1. The third kappa shape index (κ3) is 6.04. The molecule has 0 fully saturated rings. The molecule has 2 aromatic carbocycles. The molecule has 1 heterocycles. The first-order valence-electron chi connectivity index (χ1n) is 9.15. The van der Waals surface area contributed by atoms with Gasteiger partial charge in [0.1, 0.15) is 0 Å². The SMILES string of the molecule is CCOc1cc(/C=N/NC(=O)c2ccncc2)ccc1OC(=O)c1ccc(Cl)cc1Cl. The molecule has 0 atom stereocenters. The highest BCUT2D eigenvalue weighted by Crippen LogP contribution is 2.30. The molecule has 7 nitrogen and oxygen atoms in total. The molecule has 0 saturated carbocycles. The van der Waals surface area contributed by atoms with E-state index in [4.69, 9.17) is 32.7 Å². The molecule has 1 amide bonds. The lowest BCUT2D eigenvalue weighted by molar-refractivity contribution is 0.0728. The quantitative estimate of drug-likeness (QED) is 0.239. The van der Waals surface area contributed by atoms with Crippen LogP contribution < -0.4 is 14.9 Å². The number of aromatic nitrogens is 1. The molecular formula is C22H17Cl2N3O4. The van der Waals surface area contributed by atoms with E-state index in [-0.39, 0.29) is 22.2 Å². The largest absolute Gasteiger partial charge is 0.490 e. The van der Waals surface area contributed by atoms with E-state index >= 15 is 0 Å². The van der Waals surface area contributed by atoms with Crippen LogP contribution in [0.4, 0.5) is 0 Å². The van der Waals surface area contributed by atoms with Crippen LogP contribution in [0.25, 0.3) is 0 Å². The normalized spacial score (nSPS) is 10.7.